The number of hydrogen-bond acceptors (Lipinski definition) is 4. The Kier molecular flexibility index (Phi) is 7.48. The monoisotopic (exact) mass is 429 g/mol. The molecule has 0 spiro atoms. The van der Waals surface area contributed by atoms with Crippen LogP contribution >= 0.6 is 0 Å². The number of benzene rings is 3. The quantitative estimate of drug-likeness (QED) is 0.450. The number of amides is 3. The fraction of sp³-hybridized carbons (Fsp3) is 0.120. The second-order valence-corrected chi connectivity index (χ2v) is 7.17. The van der Waals surface area contributed by atoms with Crippen LogP contribution in [-0.4, -0.2) is 36.1 Å². The predicted molar refractivity (Wildman–Crippen MR) is 120 cm³/mol. The van der Waals surface area contributed by atoms with Crippen LogP contribution in [0.1, 0.15) is 31.8 Å². The Hall–Kier alpha value is -4.26. The van der Waals surface area contributed by atoms with Crippen molar-refractivity contribution < 1.29 is 19.2 Å². The van der Waals surface area contributed by atoms with Crippen LogP contribution < -0.4 is 16.4 Å². The summed E-state index contributed by atoms with van der Waals surface area (Å²) < 4.78 is 0. The molecule has 0 heterocycles. The van der Waals surface area contributed by atoms with Crippen LogP contribution in [0.25, 0.3) is 0 Å². The smallest absolute Gasteiger partial charge is 0.251 e. The van der Waals surface area contributed by atoms with Crippen molar-refractivity contribution in [1.29, 1.82) is 0 Å². The highest BCUT2D eigenvalue weighted by molar-refractivity contribution is 6.09. The molecule has 3 aromatic rings. The first kappa shape index (κ1) is 22.4. The van der Waals surface area contributed by atoms with E-state index >= 15 is 0 Å². The van der Waals surface area contributed by atoms with E-state index in [2.05, 4.69) is 10.6 Å². The summed E-state index contributed by atoms with van der Waals surface area (Å²) in [5, 5.41) is 5.04. The number of hydrogen-bond donors (Lipinski definition) is 3. The third-order valence-electron chi connectivity index (χ3n) is 4.82. The van der Waals surface area contributed by atoms with Gasteiger partial charge in [0.25, 0.3) is 5.91 Å². The average Bonchev–Trinajstić information content (AvgIpc) is 2.83. The second-order valence-electron chi connectivity index (χ2n) is 7.17. The average molecular weight is 429 g/mol. The summed E-state index contributed by atoms with van der Waals surface area (Å²) in [5.41, 5.74) is 7.70. The Bertz CT molecular complexity index is 1100. The summed E-state index contributed by atoms with van der Waals surface area (Å²) in [6, 6.07) is 23.2. The summed E-state index contributed by atoms with van der Waals surface area (Å²) in [4.78, 5) is 48.6. The van der Waals surface area contributed by atoms with Crippen molar-refractivity contribution in [3.05, 3.63) is 107 Å². The van der Waals surface area contributed by atoms with Gasteiger partial charge in [-0.05, 0) is 17.7 Å². The first-order valence-electron chi connectivity index (χ1n) is 10.0. The molecule has 0 aromatic heterocycles. The number of nitrogens with one attached hydrogen (secondary N) is 2. The molecule has 0 aliphatic heterocycles. The maximum absolute atomic E-state index is 12.5. The zero-order valence-corrected chi connectivity index (χ0v) is 17.3. The number of nitrogens with two attached hydrogens (primary N) is 1. The summed E-state index contributed by atoms with van der Waals surface area (Å²) in [5.74, 6) is -1.73. The molecule has 3 amide bonds. The van der Waals surface area contributed by atoms with Crippen LogP contribution in [0.15, 0.2) is 84.9 Å². The lowest BCUT2D eigenvalue weighted by Crippen LogP contribution is -2.49. The van der Waals surface area contributed by atoms with E-state index in [9.17, 15) is 19.2 Å². The summed E-state index contributed by atoms with van der Waals surface area (Å²) in [6.45, 7) is -0.290. The van der Waals surface area contributed by atoms with Crippen LogP contribution in [0.2, 0.25) is 0 Å². The van der Waals surface area contributed by atoms with Gasteiger partial charge < -0.3 is 16.4 Å². The van der Waals surface area contributed by atoms with Crippen molar-refractivity contribution in [3.8, 4) is 0 Å². The van der Waals surface area contributed by atoms with E-state index < -0.39 is 23.8 Å². The molecular weight excluding hydrogens is 406 g/mol. The summed E-state index contributed by atoms with van der Waals surface area (Å²) in [7, 11) is 0. The molecule has 0 aliphatic carbocycles. The Balaban J connectivity index is 1.56. The number of carbonyl (C=O) groups is 4. The molecule has 3 aromatic carbocycles. The molecule has 0 saturated heterocycles. The van der Waals surface area contributed by atoms with Gasteiger partial charge in [0.05, 0.1) is 6.54 Å². The lowest BCUT2D eigenvalue weighted by molar-refractivity contribution is -0.126. The number of primary amides is 1. The molecule has 7 heteroatoms. The van der Waals surface area contributed by atoms with Gasteiger partial charge in [0.15, 0.2) is 5.78 Å². The maximum Gasteiger partial charge on any atom is 0.251 e. The van der Waals surface area contributed by atoms with Crippen LogP contribution in [0.5, 0.6) is 0 Å². The van der Waals surface area contributed by atoms with Gasteiger partial charge in [0.2, 0.25) is 11.8 Å². The highest BCUT2D eigenvalue weighted by Crippen LogP contribution is 2.12. The number of ketones is 1. The van der Waals surface area contributed by atoms with Crippen LogP contribution in [0, 0.1) is 0 Å². The molecule has 1 atom stereocenters. The van der Waals surface area contributed by atoms with Gasteiger partial charge in [-0.25, -0.2) is 0 Å². The van der Waals surface area contributed by atoms with E-state index in [1.807, 2.05) is 6.07 Å². The van der Waals surface area contributed by atoms with Crippen molar-refractivity contribution in [2.45, 2.75) is 12.5 Å². The van der Waals surface area contributed by atoms with Gasteiger partial charge >= 0.3 is 0 Å². The van der Waals surface area contributed by atoms with Gasteiger partial charge in [-0.15, -0.1) is 0 Å². The van der Waals surface area contributed by atoms with Crippen molar-refractivity contribution in [3.63, 3.8) is 0 Å². The van der Waals surface area contributed by atoms with Gasteiger partial charge in [0.1, 0.15) is 6.04 Å². The fourth-order valence-electron chi connectivity index (χ4n) is 3.10. The predicted octanol–water partition coefficient (Wildman–Crippen LogP) is 1.86. The molecule has 4 N–H and O–H groups in total. The van der Waals surface area contributed by atoms with Crippen molar-refractivity contribution in [2.75, 3.05) is 6.54 Å². The molecule has 162 valence electrons. The molecule has 32 heavy (non-hydrogen) atoms. The van der Waals surface area contributed by atoms with E-state index in [4.69, 9.17) is 5.73 Å². The number of carbonyl (C=O) groups excluding carboxylic acids is 4. The fourth-order valence-corrected chi connectivity index (χ4v) is 3.10. The van der Waals surface area contributed by atoms with Gasteiger partial charge in [-0.1, -0.05) is 72.8 Å². The molecule has 0 unspecified atom stereocenters. The molecule has 0 saturated carbocycles. The topological polar surface area (TPSA) is 118 Å². The highest BCUT2D eigenvalue weighted by atomic mass is 16.2. The molecule has 0 aliphatic rings. The van der Waals surface area contributed by atoms with Gasteiger partial charge in [0, 0.05) is 23.1 Å². The standard InChI is InChI=1S/C25H23N3O4/c26-24(31)21(28-22(29)16-27-25(32)20-9-5-2-6-10-20)15-17-11-13-19(14-12-17)23(30)18-7-3-1-4-8-18/h1-14,21H,15-16H2,(H2,26,31)(H,27,32)(H,28,29)/t21-/m1/s1. The van der Waals surface area contributed by atoms with Crippen LogP contribution in [-0.2, 0) is 16.0 Å². The van der Waals surface area contributed by atoms with E-state index in [1.54, 1.807) is 78.9 Å². The first-order valence-corrected chi connectivity index (χ1v) is 10.0. The zero-order chi connectivity index (χ0) is 22.9. The highest BCUT2D eigenvalue weighted by Gasteiger charge is 2.19. The maximum atomic E-state index is 12.5. The third kappa shape index (κ3) is 6.12. The Labute approximate surface area is 185 Å². The largest absolute Gasteiger partial charge is 0.368 e. The van der Waals surface area contributed by atoms with E-state index in [1.165, 1.54) is 0 Å². The Morgan fingerprint density at radius 1 is 0.719 bits per heavy atom. The first-order chi connectivity index (χ1) is 15.4. The third-order valence-corrected chi connectivity index (χ3v) is 4.82. The number of rotatable bonds is 9. The summed E-state index contributed by atoms with van der Waals surface area (Å²) in [6.07, 6.45) is 0.160. The van der Waals surface area contributed by atoms with Crippen LogP contribution in [0.4, 0.5) is 0 Å². The van der Waals surface area contributed by atoms with Crippen molar-refractivity contribution in [2.24, 2.45) is 5.73 Å². The Morgan fingerprint density at radius 3 is 1.81 bits per heavy atom. The summed E-state index contributed by atoms with van der Waals surface area (Å²) >= 11 is 0. The van der Waals surface area contributed by atoms with Crippen molar-refractivity contribution in [1.82, 2.24) is 10.6 Å². The Morgan fingerprint density at radius 2 is 1.25 bits per heavy atom. The van der Waals surface area contributed by atoms with E-state index in [-0.39, 0.29) is 18.7 Å². The molecule has 3 rings (SSSR count). The van der Waals surface area contributed by atoms with Gasteiger partial charge in [-0.2, -0.15) is 0 Å². The molecule has 0 fully saturated rings. The molecule has 0 radical (unpaired) electrons. The minimum atomic E-state index is -0.952. The van der Waals surface area contributed by atoms with Gasteiger partial charge in [-0.3, -0.25) is 19.2 Å². The molecule has 0 bridgehead atoms. The normalized spacial score (nSPS) is 11.2. The lowest BCUT2D eigenvalue weighted by atomic mass is 9.99. The van der Waals surface area contributed by atoms with Crippen molar-refractivity contribution >= 4 is 23.5 Å². The molecule has 7 nitrogen and oxygen atoms in total. The second kappa shape index (κ2) is 10.7. The SMILES string of the molecule is NC(=O)[C@@H](Cc1ccc(C(=O)c2ccccc2)cc1)NC(=O)CNC(=O)c1ccccc1. The molecular formula is C25H23N3O4. The van der Waals surface area contributed by atoms with E-state index in [0.29, 0.717) is 16.7 Å². The van der Waals surface area contributed by atoms with Crippen LogP contribution in [0.3, 0.4) is 0 Å². The van der Waals surface area contributed by atoms with E-state index in [0.717, 1.165) is 5.56 Å². The minimum absolute atomic E-state index is 0.105. The zero-order valence-electron chi connectivity index (χ0n) is 17.3. The minimum Gasteiger partial charge on any atom is -0.368 e. The lowest BCUT2D eigenvalue weighted by Gasteiger charge is -2.16.